The van der Waals surface area contributed by atoms with Gasteiger partial charge in [0.2, 0.25) is 0 Å². The number of hydrogen-bond acceptors (Lipinski definition) is 3. The van der Waals surface area contributed by atoms with Gasteiger partial charge in [-0.1, -0.05) is 12.1 Å². The van der Waals surface area contributed by atoms with E-state index in [1.165, 1.54) is 6.07 Å². The molecule has 0 saturated heterocycles. The lowest BCUT2D eigenvalue weighted by Gasteiger charge is -2.20. The summed E-state index contributed by atoms with van der Waals surface area (Å²) in [6.07, 6.45) is 1.41. The van der Waals surface area contributed by atoms with Gasteiger partial charge in [-0.2, -0.15) is 0 Å². The predicted octanol–water partition coefficient (Wildman–Crippen LogP) is 1.72. The Kier molecular flexibility index (Phi) is 4.79. The number of carbonyl (C=O) groups is 1. The highest BCUT2D eigenvalue weighted by atomic mass is 19.1. The molecule has 0 aromatic heterocycles. The number of aliphatic hydroxyl groups is 1. The van der Waals surface area contributed by atoms with E-state index in [2.05, 4.69) is 10.6 Å². The van der Waals surface area contributed by atoms with E-state index in [0.717, 1.165) is 6.42 Å². The minimum absolute atomic E-state index is 0.133. The van der Waals surface area contributed by atoms with Crippen molar-refractivity contribution < 1.29 is 19.0 Å². The number of hydrogen-bond donors (Lipinski definition) is 3. The Labute approximate surface area is 117 Å². The molecule has 110 valence electrons. The quantitative estimate of drug-likeness (QED) is 0.790. The van der Waals surface area contributed by atoms with Crippen molar-refractivity contribution in [1.29, 1.82) is 0 Å². The van der Waals surface area contributed by atoms with Gasteiger partial charge in [-0.05, 0) is 25.8 Å². The Balaban J connectivity index is 2.13. The van der Waals surface area contributed by atoms with Crippen LogP contribution in [-0.4, -0.2) is 30.4 Å². The van der Waals surface area contributed by atoms with Gasteiger partial charge in [-0.3, -0.25) is 0 Å². The van der Waals surface area contributed by atoms with Gasteiger partial charge in [0.1, 0.15) is 0 Å². The summed E-state index contributed by atoms with van der Waals surface area (Å²) in [6.45, 7) is 2.00. The van der Waals surface area contributed by atoms with Gasteiger partial charge >= 0.3 is 6.03 Å². The predicted molar refractivity (Wildman–Crippen MR) is 72.1 cm³/mol. The molecule has 0 aliphatic carbocycles. The molecule has 1 unspecified atom stereocenters. The van der Waals surface area contributed by atoms with E-state index < -0.39 is 5.82 Å². The topological polar surface area (TPSA) is 70.6 Å². The first kappa shape index (κ1) is 14.6. The second kappa shape index (κ2) is 6.56. The van der Waals surface area contributed by atoms with Crippen LogP contribution in [0.3, 0.4) is 0 Å². The molecule has 1 aromatic rings. The van der Waals surface area contributed by atoms with Crippen LogP contribution in [0, 0.1) is 5.82 Å². The molecule has 2 amide bonds. The molecule has 1 aromatic carbocycles. The molecule has 0 fully saturated rings. The van der Waals surface area contributed by atoms with Crippen LogP contribution in [0.15, 0.2) is 18.2 Å². The third kappa shape index (κ3) is 3.39. The lowest BCUT2D eigenvalue weighted by atomic mass is 10.0. The summed E-state index contributed by atoms with van der Waals surface area (Å²) in [5, 5.41) is 14.3. The fourth-order valence-electron chi connectivity index (χ4n) is 2.19. The van der Waals surface area contributed by atoms with Crippen molar-refractivity contribution in [1.82, 2.24) is 10.6 Å². The van der Waals surface area contributed by atoms with Crippen molar-refractivity contribution in [2.24, 2.45) is 0 Å². The van der Waals surface area contributed by atoms with Gasteiger partial charge in [0, 0.05) is 5.56 Å². The summed E-state index contributed by atoms with van der Waals surface area (Å²) in [5.41, 5.74) is 0.648. The molecular formula is C14H19FN2O3. The molecule has 1 heterocycles. The number of rotatable bonds is 3. The van der Waals surface area contributed by atoms with Gasteiger partial charge in [0.25, 0.3) is 0 Å². The standard InChI is InChI=1S/C14H19FN2O3/c1-9(8-18)16-14(19)17-12-6-3-7-20-13-10(12)4-2-5-11(13)15/h2,4-5,9,12,18H,3,6-8H2,1H3,(H2,16,17,19)/t9-,12?/m0/s1. The number of ether oxygens (including phenoxy) is 1. The lowest BCUT2D eigenvalue weighted by Crippen LogP contribution is -2.43. The monoisotopic (exact) mass is 282 g/mol. The first-order chi connectivity index (χ1) is 9.61. The average Bonchev–Trinajstić information content (AvgIpc) is 2.62. The van der Waals surface area contributed by atoms with Crippen molar-refractivity contribution in [2.45, 2.75) is 31.8 Å². The molecule has 2 rings (SSSR count). The molecular weight excluding hydrogens is 263 g/mol. The molecule has 3 N–H and O–H groups in total. The molecule has 0 bridgehead atoms. The van der Waals surface area contributed by atoms with Gasteiger partial charge < -0.3 is 20.5 Å². The Hall–Kier alpha value is -1.82. The highest BCUT2D eigenvalue weighted by Crippen LogP contribution is 2.33. The third-order valence-corrected chi connectivity index (χ3v) is 3.21. The number of halogens is 1. The smallest absolute Gasteiger partial charge is 0.315 e. The summed E-state index contributed by atoms with van der Waals surface area (Å²) >= 11 is 0. The Morgan fingerprint density at radius 1 is 1.60 bits per heavy atom. The Morgan fingerprint density at radius 2 is 2.40 bits per heavy atom. The van der Waals surface area contributed by atoms with Crippen LogP contribution >= 0.6 is 0 Å². The first-order valence-corrected chi connectivity index (χ1v) is 6.71. The number of nitrogens with one attached hydrogen (secondary N) is 2. The number of benzene rings is 1. The fraction of sp³-hybridized carbons (Fsp3) is 0.500. The molecule has 6 heteroatoms. The first-order valence-electron chi connectivity index (χ1n) is 6.71. The normalized spacial score (nSPS) is 19.2. The zero-order valence-electron chi connectivity index (χ0n) is 11.4. The zero-order chi connectivity index (χ0) is 14.5. The molecule has 20 heavy (non-hydrogen) atoms. The molecule has 1 aliphatic heterocycles. The molecule has 0 radical (unpaired) electrons. The molecule has 0 saturated carbocycles. The summed E-state index contributed by atoms with van der Waals surface area (Å²) in [6, 6.07) is 3.69. The minimum atomic E-state index is -0.416. The van der Waals surface area contributed by atoms with E-state index in [4.69, 9.17) is 9.84 Å². The summed E-state index contributed by atoms with van der Waals surface area (Å²) in [5.74, 6) is -0.203. The maximum atomic E-state index is 13.7. The van der Waals surface area contributed by atoms with Crippen LogP contribution in [-0.2, 0) is 0 Å². The Bertz CT molecular complexity index is 481. The highest BCUT2D eigenvalue weighted by Gasteiger charge is 2.23. The van der Waals surface area contributed by atoms with E-state index in [-0.39, 0.29) is 30.5 Å². The summed E-state index contributed by atoms with van der Waals surface area (Å²) in [4.78, 5) is 11.8. The summed E-state index contributed by atoms with van der Waals surface area (Å²) < 4.78 is 19.1. The largest absolute Gasteiger partial charge is 0.490 e. The van der Waals surface area contributed by atoms with Crippen LogP contribution in [0.25, 0.3) is 0 Å². The van der Waals surface area contributed by atoms with Gasteiger partial charge in [0.15, 0.2) is 11.6 Å². The van der Waals surface area contributed by atoms with Crippen molar-refractivity contribution in [2.75, 3.05) is 13.2 Å². The number of para-hydroxylation sites is 1. The van der Waals surface area contributed by atoms with Crippen LogP contribution in [0.4, 0.5) is 9.18 Å². The second-order valence-electron chi connectivity index (χ2n) is 4.90. The lowest BCUT2D eigenvalue weighted by molar-refractivity contribution is 0.217. The maximum absolute atomic E-state index is 13.7. The number of amides is 2. The number of aliphatic hydroxyl groups excluding tert-OH is 1. The SMILES string of the molecule is C[C@@H](CO)NC(=O)NC1CCCOc2c(F)cccc21. The molecule has 0 spiro atoms. The number of carbonyl (C=O) groups excluding carboxylic acids is 1. The molecule has 1 aliphatic rings. The van der Waals surface area contributed by atoms with E-state index in [0.29, 0.717) is 18.6 Å². The third-order valence-electron chi connectivity index (χ3n) is 3.21. The van der Waals surface area contributed by atoms with Crippen LogP contribution < -0.4 is 15.4 Å². The minimum Gasteiger partial charge on any atom is -0.490 e. The second-order valence-corrected chi connectivity index (χ2v) is 4.90. The van der Waals surface area contributed by atoms with E-state index in [1.54, 1.807) is 19.1 Å². The van der Waals surface area contributed by atoms with E-state index in [9.17, 15) is 9.18 Å². The van der Waals surface area contributed by atoms with Gasteiger partial charge in [0.05, 0.1) is 25.3 Å². The van der Waals surface area contributed by atoms with Crippen molar-refractivity contribution in [3.63, 3.8) is 0 Å². The van der Waals surface area contributed by atoms with Gasteiger partial charge in [-0.25, -0.2) is 9.18 Å². The van der Waals surface area contributed by atoms with E-state index >= 15 is 0 Å². The molecule has 5 nitrogen and oxygen atoms in total. The van der Waals surface area contributed by atoms with Crippen molar-refractivity contribution >= 4 is 6.03 Å². The number of urea groups is 1. The Morgan fingerprint density at radius 3 is 3.15 bits per heavy atom. The average molecular weight is 282 g/mol. The fourth-order valence-corrected chi connectivity index (χ4v) is 2.19. The summed E-state index contributed by atoms with van der Waals surface area (Å²) in [7, 11) is 0. The molecule has 2 atom stereocenters. The van der Waals surface area contributed by atoms with Crippen LogP contribution in [0.5, 0.6) is 5.75 Å². The maximum Gasteiger partial charge on any atom is 0.315 e. The number of fused-ring (bicyclic) bond motifs is 1. The van der Waals surface area contributed by atoms with Crippen LogP contribution in [0.1, 0.15) is 31.4 Å². The van der Waals surface area contributed by atoms with Gasteiger partial charge in [-0.15, -0.1) is 0 Å². The zero-order valence-corrected chi connectivity index (χ0v) is 11.4. The van der Waals surface area contributed by atoms with E-state index in [1.807, 2.05) is 0 Å². The highest BCUT2D eigenvalue weighted by molar-refractivity contribution is 5.75. The van der Waals surface area contributed by atoms with Crippen LogP contribution in [0.2, 0.25) is 0 Å². The van der Waals surface area contributed by atoms with Crippen molar-refractivity contribution in [3.8, 4) is 5.75 Å². The van der Waals surface area contributed by atoms with Crippen molar-refractivity contribution in [3.05, 3.63) is 29.6 Å².